The molecular weight excluding hydrogens is 248 g/mol. The second-order valence-electron chi connectivity index (χ2n) is 5.27. The molecule has 2 amide bonds. The van der Waals surface area contributed by atoms with E-state index in [0.29, 0.717) is 25.9 Å². The van der Waals surface area contributed by atoms with Gasteiger partial charge in [0, 0.05) is 32.3 Å². The summed E-state index contributed by atoms with van der Waals surface area (Å²) in [5, 5.41) is 17.9. The zero-order valence-electron chi connectivity index (χ0n) is 11.7. The Hall–Kier alpha value is -1.30. The summed E-state index contributed by atoms with van der Waals surface area (Å²) in [5.41, 5.74) is 0. The van der Waals surface area contributed by atoms with Crippen LogP contribution in [0.25, 0.3) is 0 Å². The highest BCUT2D eigenvalue weighted by atomic mass is 16.4. The van der Waals surface area contributed by atoms with Crippen molar-refractivity contribution >= 4 is 12.0 Å². The van der Waals surface area contributed by atoms with Gasteiger partial charge in [-0.25, -0.2) is 4.79 Å². The van der Waals surface area contributed by atoms with Gasteiger partial charge in [0.25, 0.3) is 0 Å². The van der Waals surface area contributed by atoms with Crippen LogP contribution in [0.4, 0.5) is 4.79 Å². The summed E-state index contributed by atoms with van der Waals surface area (Å²) in [5.74, 6) is -1.28. The maximum atomic E-state index is 12.4. The van der Waals surface area contributed by atoms with Gasteiger partial charge in [-0.1, -0.05) is 0 Å². The van der Waals surface area contributed by atoms with E-state index in [1.807, 2.05) is 13.8 Å². The normalized spacial score (nSPS) is 19.6. The lowest BCUT2D eigenvalue weighted by molar-refractivity contribution is -0.143. The van der Waals surface area contributed by atoms with E-state index < -0.39 is 11.9 Å². The molecule has 1 aliphatic heterocycles. The summed E-state index contributed by atoms with van der Waals surface area (Å²) in [6.45, 7) is 5.30. The van der Waals surface area contributed by atoms with E-state index in [9.17, 15) is 9.59 Å². The first kappa shape index (κ1) is 15.8. The molecule has 0 radical (unpaired) electrons. The Morgan fingerprint density at radius 1 is 1.42 bits per heavy atom. The van der Waals surface area contributed by atoms with Crippen molar-refractivity contribution in [2.75, 3.05) is 26.2 Å². The van der Waals surface area contributed by atoms with Gasteiger partial charge in [0.1, 0.15) is 0 Å². The van der Waals surface area contributed by atoms with Crippen molar-refractivity contribution in [2.45, 2.75) is 39.2 Å². The number of likely N-dealkylation sites (tertiary alicyclic amines) is 1. The molecule has 0 aromatic rings. The Kier molecular flexibility index (Phi) is 6.08. The van der Waals surface area contributed by atoms with Crippen molar-refractivity contribution < 1.29 is 19.8 Å². The van der Waals surface area contributed by atoms with Gasteiger partial charge in [-0.2, -0.15) is 0 Å². The Balaban J connectivity index is 2.65. The highest BCUT2D eigenvalue weighted by molar-refractivity contribution is 5.77. The number of carbonyl (C=O) groups excluding carboxylic acids is 1. The van der Waals surface area contributed by atoms with Crippen LogP contribution in [0, 0.1) is 5.92 Å². The number of urea groups is 1. The minimum absolute atomic E-state index is 0.0456. The van der Waals surface area contributed by atoms with E-state index in [2.05, 4.69) is 0 Å². The monoisotopic (exact) mass is 272 g/mol. The number of aliphatic hydroxyl groups excluding tert-OH is 1. The Bertz CT molecular complexity index is 320. The summed E-state index contributed by atoms with van der Waals surface area (Å²) < 4.78 is 0. The first-order valence-corrected chi connectivity index (χ1v) is 6.86. The molecule has 110 valence electrons. The minimum atomic E-state index is -0.830. The predicted molar refractivity (Wildman–Crippen MR) is 70.9 cm³/mol. The molecule has 0 saturated carbocycles. The van der Waals surface area contributed by atoms with E-state index in [0.717, 1.165) is 6.42 Å². The molecule has 1 atom stereocenters. The number of aliphatic carboxylic acids is 1. The van der Waals surface area contributed by atoms with Crippen molar-refractivity contribution in [3.05, 3.63) is 0 Å². The highest BCUT2D eigenvalue weighted by Crippen LogP contribution is 2.18. The molecule has 0 aliphatic carbocycles. The van der Waals surface area contributed by atoms with Gasteiger partial charge >= 0.3 is 12.0 Å². The number of hydrogen-bond acceptors (Lipinski definition) is 3. The molecule has 2 N–H and O–H groups in total. The zero-order valence-corrected chi connectivity index (χ0v) is 11.7. The van der Waals surface area contributed by atoms with Crippen LogP contribution in [-0.4, -0.2) is 64.3 Å². The van der Waals surface area contributed by atoms with Crippen molar-refractivity contribution in [2.24, 2.45) is 5.92 Å². The average molecular weight is 272 g/mol. The van der Waals surface area contributed by atoms with Crippen LogP contribution in [-0.2, 0) is 4.79 Å². The number of carboxylic acid groups (broad SMARTS) is 1. The van der Waals surface area contributed by atoms with Crippen molar-refractivity contribution in [3.63, 3.8) is 0 Å². The van der Waals surface area contributed by atoms with Gasteiger partial charge in [0.15, 0.2) is 0 Å². The third-order valence-corrected chi connectivity index (χ3v) is 3.47. The van der Waals surface area contributed by atoms with E-state index in [-0.39, 0.29) is 25.2 Å². The Labute approximate surface area is 114 Å². The Morgan fingerprint density at radius 3 is 2.63 bits per heavy atom. The van der Waals surface area contributed by atoms with E-state index in [1.165, 1.54) is 0 Å². The van der Waals surface area contributed by atoms with E-state index in [4.69, 9.17) is 10.2 Å². The fraction of sp³-hybridized carbons (Fsp3) is 0.846. The van der Waals surface area contributed by atoms with Gasteiger partial charge in [-0.15, -0.1) is 0 Å². The topological polar surface area (TPSA) is 81.1 Å². The maximum Gasteiger partial charge on any atom is 0.320 e. The number of amides is 2. The van der Waals surface area contributed by atoms with Crippen LogP contribution in [0.15, 0.2) is 0 Å². The van der Waals surface area contributed by atoms with Crippen LogP contribution in [0.3, 0.4) is 0 Å². The molecule has 1 saturated heterocycles. The lowest BCUT2D eigenvalue weighted by Gasteiger charge is -2.37. The smallest absolute Gasteiger partial charge is 0.320 e. The standard InChI is InChI=1S/C13H24N2O4/c1-10(2)15(7-4-8-16)13(19)14-6-3-5-11(9-14)12(17)18/h10-11,16H,3-9H2,1-2H3,(H,17,18)/t11-/m1/s1. The van der Waals surface area contributed by atoms with Crippen LogP contribution in [0.5, 0.6) is 0 Å². The molecule has 0 aromatic heterocycles. The molecule has 1 fully saturated rings. The first-order chi connectivity index (χ1) is 8.97. The van der Waals surface area contributed by atoms with Gasteiger partial charge in [0.2, 0.25) is 0 Å². The molecule has 1 rings (SSSR count). The second kappa shape index (κ2) is 7.33. The Morgan fingerprint density at radius 2 is 2.11 bits per heavy atom. The fourth-order valence-corrected chi connectivity index (χ4v) is 2.35. The SMILES string of the molecule is CC(C)N(CCCO)C(=O)N1CCC[C@@H](C(=O)O)C1. The number of hydrogen-bond donors (Lipinski definition) is 2. The largest absolute Gasteiger partial charge is 0.481 e. The summed E-state index contributed by atoms with van der Waals surface area (Å²) in [6.07, 6.45) is 1.91. The minimum Gasteiger partial charge on any atom is -0.481 e. The first-order valence-electron chi connectivity index (χ1n) is 6.86. The third kappa shape index (κ3) is 4.38. The van der Waals surface area contributed by atoms with Crippen LogP contribution >= 0.6 is 0 Å². The van der Waals surface area contributed by atoms with Crippen LogP contribution < -0.4 is 0 Å². The summed E-state index contributed by atoms with van der Waals surface area (Å²) in [7, 11) is 0. The summed E-state index contributed by atoms with van der Waals surface area (Å²) in [4.78, 5) is 26.7. The lowest BCUT2D eigenvalue weighted by atomic mass is 9.98. The van der Waals surface area contributed by atoms with Gasteiger partial charge < -0.3 is 20.0 Å². The lowest BCUT2D eigenvalue weighted by Crippen LogP contribution is -2.51. The van der Waals surface area contributed by atoms with Gasteiger partial charge in [-0.05, 0) is 33.1 Å². The van der Waals surface area contributed by atoms with Crippen molar-refractivity contribution in [1.82, 2.24) is 9.80 Å². The number of piperidine rings is 1. The molecule has 1 heterocycles. The summed E-state index contributed by atoms with van der Waals surface area (Å²) >= 11 is 0. The molecule has 0 unspecified atom stereocenters. The molecule has 6 nitrogen and oxygen atoms in total. The highest BCUT2D eigenvalue weighted by Gasteiger charge is 2.31. The number of aliphatic hydroxyl groups is 1. The van der Waals surface area contributed by atoms with Crippen LogP contribution in [0.2, 0.25) is 0 Å². The van der Waals surface area contributed by atoms with Crippen LogP contribution in [0.1, 0.15) is 33.1 Å². The zero-order chi connectivity index (χ0) is 14.4. The van der Waals surface area contributed by atoms with E-state index >= 15 is 0 Å². The quantitative estimate of drug-likeness (QED) is 0.782. The molecule has 0 spiro atoms. The second-order valence-corrected chi connectivity index (χ2v) is 5.27. The predicted octanol–water partition coefficient (Wildman–Crippen LogP) is 0.996. The fourth-order valence-electron chi connectivity index (χ4n) is 2.35. The number of carboxylic acids is 1. The molecule has 1 aliphatic rings. The number of rotatable bonds is 5. The van der Waals surface area contributed by atoms with Gasteiger partial charge in [0.05, 0.1) is 5.92 Å². The number of nitrogens with zero attached hydrogens (tertiary/aromatic N) is 2. The van der Waals surface area contributed by atoms with Crippen molar-refractivity contribution in [3.8, 4) is 0 Å². The third-order valence-electron chi connectivity index (χ3n) is 3.47. The summed E-state index contributed by atoms with van der Waals surface area (Å²) in [6, 6.07) is -0.0707. The molecule has 0 aromatic carbocycles. The van der Waals surface area contributed by atoms with Gasteiger partial charge in [-0.3, -0.25) is 4.79 Å². The van der Waals surface area contributed by atoms with Crippen molar-refractivity contribution in [1.29, 1.82) is 0 Å². The number of carbonyl (C=O) groups is 2. The van der Waals surface area contributed by atoms with E-state index in [1.54, 1.807) is 9.80 Å². The molecule has 0 bridgehead atoms. The molecule has 19 heavy (non-hydrogen) atoms. The average Bonchev–Trinajstić information content (AvgIpc) is 2.38. The maximum absolute atomic E-state index is 12.4. The molecule has 6 heteroatoms. The molecular formula is C13H24N2O4.